The maximum atomic E-state index is 11.6. The van der Waals surface area contributed by atoms with Gasteiger partial charge in [0.25, 0.3) is 0 Å². The summed E-state index contributed by atoms with van der Waals surface area (Å²) in [6.45, 7) is 1.16. The number of aryl methyl sites for hydroxylation is 1. The van der Waals surface area contributed by atoms with E-state index in [1.165, 1.54) is 0 Å². The van der Waals surface area contributed by atoms with E-state index in [0.29, 0.717) is 31.9 Å². The molecule has 3 aromatic heterocycles. The van der Waals surface area contributed by atoms with Crippen LogP contribution in [0.4, 0.5) is 0 Å². The van der Waals surface area contributed by atoms with Crippen molar-refractivity contribution in [1.82, 2.24) is 29.5 Å². The lowest BCUT2D eigenvalue weighted by molar-refractivity contribution is -0.149. The Morgan fingerprint density at radius 1 is 0.914 bits per heavy atom. The maximum Gasteiger partial charge on any atom is 0.306 e. The molecule has 35 heavy (non-hydrogen) atoms. The second-order valence-electron chi connectivity index (χ2n) is 9.54. The van der Waals surface area contributed by atoms with E-state index in [0.717, 1.165) is 27.8 Å². The highest BCUT2D eigenvalue weighted by Gasteiger charge is 2.44. The molecule has 4 atom stereocenters. The van der Waals surface area contributed by atoms with Gasteiger partial charge >= 0.3 is 5.97 Å². The van der Waals surface area contributed by atoms with Gasteiger partial charge in [0, 0.05) is 65.9 Å². The Balaban J connectivity index is 1.22. The number of benzene rings is 1. The number of aromatic nitrogens is 6. The van der Waals surface area contributed by atoms with Crippen LogP contribution in [0.3, 0.4) is 0 Å². The fraction of sp³-hybridized carbons (Fsp3) is 0.346. The topological polar surface area (TPSA) is 108 Å². The van der Waals surface area contributed by atoms with Crippen molar-refractivity contribution in [3.63, 3.8) is 0 Å². The lowest BCUT2D eigenvalue weighted by Crippen LogP contribution is -2.45. The monoisotopic (exact) mass is 470 g/mol. The quantitative estimate of drug-likeness (QED) is 0.474. The van der Waals surface area contributed by atoms with Crippen LogP contribution in [0, 0.1) is 17.8 Å². The first-order valence-corrected chi connectivity index (χ1v) is 11.8. The van der Waals surface area contributed by atoms with Crippen LogP contribution in [0.2, 0.25) is 0 Å². The predicted octanol–water partition coefficient (Wildman–Crippen LogP) is 3.71. The van der Waals surface area contributed by atoms with Crippen LogP contribution >= 0.6 is 0 Å². The van der Waals surface area contributed by atoms with E-state index in [2.05, 4.69) is 26.2 Å². The Kier molecular flexibility index (Phi) is 5.41. The summed E-state index contributed by atoms with van der Waals surface area (Å²) >= 11 is 0. The largest absolute Gasteiger partial charge is 0.481 e. The number of nitrogens with zero attached hydrogens (tertiary/aromatic N) is 6. The van der Waals surface area contributed by atoms with E-state index in [-0.39, 0.29) is 23.8 Å². The van der Waals surface area contributed by atoms with Gasteiger partial charge in [-0.2, -0.15) is 10.2 Å². The number of hydrogen-bond acceptors (Lipinski definition) is 6. The van der Waals surface area contributed by atoms with Crippen LogP contribution in [-0.2, 0) is 16.6 Å². The van der Waals surface area contributed by atoms with Gasteiger partial charge in [0.2, 0.25) is 0 Å². The van der Waals surface area contributed by atoms with E-state index >= 15 is 0 Å². The first-order valence-electron chi connectivity index (χ1n) is 11.8. The molecule has 4 heterocycles. The van der Waals surface area contributed by atoms with Crippen LogP contribution in [0.15, 0.2) is 61.4 Å². The number of carbonyl (C=O) groups is 1. The van der Waals surface area contributed by atoms with Crippen LogP contribution in [-0.4, -0.2) is 53.8 Å². The molecule has 0 radical (unpaired) electrons. The standard InChI is InChI=1S/C26H26N6O3/c1-31-12-22(10-29-31)16-3-2-4-17(5-16)25-27-8-21(9-28-25)23-11-30-32(13-23)24-19-6-18(26(33)34)7-20(24)15-35-14-19/h2-5,8-13,18-20,24H,6-7,14-15H2,1H3,(H,33,34)/t18?,19-,20+,24?. The summed E-state index contributed by atoms with van der Waals surface area (Å²) in [5.74, 6) is -0.0304. The Hall–Kier alpha value is -3.85. The van der Waals surface area contributed by atoms with Crippen LogP contribution in [0.5, 0.6) is 0 Å². The fourth-order valence-electron chi connectivity index (χ4n) is 5.51. The van der Waals surface area contributed by atoms with Gasteiger partial charge in [0.15, 0.2) is 5.82 Å². The van der Waals surface area contributed by atoms with Crippen LogP contribution < -0.4 is 0 Å². The average Bonchev–Trinajstić information content (AvgIpc) is 3.53. The van der Waals surface area contributed by atoms with Crippen molar-refractivity contribution < 1.29 is 14.6 Å². The molecular weight excluding hydrogens is 444 g/mol. The Labute approximate surface area is 202 Å². The van der Waals surface area contributed by atoms with E-state index in [9.17, 15) is 9.90 Å². The summed E-state index contributed by atoms with van der Waals surface area (Å²) in [4.78, 5) is 20.8. The number of aliphatic carboxylic acids is 1. The molecule has 1 aliphatic heterocycles. The zero-order valence-corrected chi connectivity index (χ0v) is 19.4. The molecule has 6 rings (SSSR count). The summed E-state index contributed by atoms with van der Waals surface area (Å²) in [6.07, 6.45) is 12.6. The van der Waals surface area contributed by atoms with Gasteiger partial charge in [-0.15, -0.1) is 0 Å². The number of hydrogen-bond donors (Lipinski definition) is 1. The van der Waals surface area contributed by atoms with Gasteiger partial charge in [-0.1, -0.05) is 18.2 Å². The third-order valence-electron chi connectivity index (χ3n) is 7.20. The third kappa shape index (κ3) is 4.12. The second-order valence-corrected chi connectivity index (χ2v) is 9.54. The fourth-order valence-corrected chi connectivity index (χ4v) is 5.51. The van der Waals surface area contributed by atoms with Gasteiger partial charge < -0.3 is 9.84 Å². The summed E-state index contributed by atoms with van der Waals surface area (Å²) in [5, 5.41) is 18.4. The average molecular weight is 471 g/mol. The number of carboxylic acids is 1. The zero-order chi connectivity index (χ0) is 23.9. The lowest BCUT2D eigenvalue weighted by atomic mass is 9.71. The van der Waals surface area contributed by atoms with Crippen molar-refractivity contribution in [2.45, 2.75) is 18.9 Å². The van der Waals surface area contributed by atoms with E-state index < -0.39 is 5.97 Å². The van der Waals surface area contributed by atoms with Gasteiger partial charge in [0.1, 0.15) is 0 Å². The molecule has 178 valence electrons. The highest BCUT2D eigenvalue weighted by molar-refractivity contribution is 5.71. The molecule has 9 heteroatoms. The van der Waals surface area contributed by atoms with Gasteiger partial charge in [-0.3, -0.25) is 14.2 Å². The zero-order valence-electron chi connectivity index (χ0n) is 19.4. The molecule has 1 saturated heterocycles. The first-order chi connectivity index (χ1) is 17.0. The van der Waals surface area contributed by atoms with Gasteiger partial charge in [-0.25, -0.2) is 9.97 Å². The maximum absolute atomic E-state index is 11.6. The third-order valence-corrected chi connectivity index (χ3v) is 7.20. The van der Waals surface area contributed by atoms with Crippen LogP contribution in [0.1, 0.15) is 18.9 Å². The molecule has 2 bridgehead atoms. The molecule has 0 spiro atoms. The molecule has 1 aromatic carbocycles. The second kappa shape index (κ2) is 8.74. The summed E-state index contributed by atoms with van der Waals surface area (Å²) in [5.41, 5.74) is 4.89. The molecule has 2 fully saturated rings. The molecule has 2 unspecified atom stereocenters. The SMILES string of the molecule is Cn1cc(-c2cccc(-c3ncc(-c4cnn(C5[C@@H]6COC[C@H]5CC(C(=O)O)C6)c4)cn3)c2)cn1. The molecule has 0 amide bonds. The van der Waals surface area contributed by atoms with Crippen molar-refractivity contribution in [2.75, 3.05) is 13.2 Å². The molecule has 9 nitrogen and oxygen atoms in total. The van der Waals surface area contributed by atoms with E-state index in [1.54, 1.807) is 4.68 Å². The molecule has 1 saturated carbocycles. The lowest BCUT2D eigenvalue weighted by Gasteiger charge is -2.44. The smallest absolute Gasteiger partial charge is 0.306 e. The highest BCUT2D eigenvalue weighted by atomic mass is 16.5. The number of ether oxygens (including phenoxy) is 1. The van der Waals surface area contributed by atoms with Crippen molar-refractivity contribution in [1.29, 1.82) is 0 Å². The Morgan fingerprint density at radius 3 is 2.29 bits per heavy atom. The molecule has 4 aromatic rings. The van der Waals surface area contributed by atoms with Crippen molar-refractivity contribution >= 4 is 5.97 Å². The van der Waals surface area contributed by atoms with E-state index in [1.807, 2.05) is 67.1 Å². The van der Waals surface area contributed by atoms with Crippen LogP contribution in [0.25, 0.3) is 33.6 Å². The van der Waals surface area contributed by atoms with Crippen molar-refractivity contribution in [3.05, 3.63) is 61.4 Å². The first kappa shape index (κ1) is 21.7. The summed E-state index contributed by atoms with van der Waals surface area (Å²) < 4.78 is 9.52. The number of rotatable bonds is 5. The van der Waals surface area contributed by atoms with Gasteiger partial charge in [0.05, 0.1) is 37.6 Å². The number of fused-ring (bicyclic) bond motifs is 2. The minimum Gasteiger partial charge on any atom is -0.481 e. The predicted molar refractivity (Wildman–Crippen MR) is 128 cm³/mol. The Bertz CT molecular complexity index is 1350. The van der Waals surface area contributed by atoms with E-state index in [4.69, 9.17) is 4.74 Å². The Morgan fingerprint density at radius 2 is 1.60 bits per heavy atom. The molecular formula is C26H26N6O3. The summed E-state index contributed by atoms with van der Waals surface area (Å²) in [6, 6.07) is 8.27. The molecule has 2 aliphatic rings. The summed E-state index contributed by atoms with van der Waals surface area (Å²) in [7, 11) is 1.90. The molecule has 1 N–H and O–H groups in total. The van der Waals surface area contributed by atoms with Gasteiger partial charge in [-0.05, 0) is 24.5 Å². The molecule has 1 aliphatic carbocycles. The van der Waals surface area contributed by atoms with Crippen molar-refractivity contribution in [3.8, 4) is 33.6 Å². The van der Waals surface area contributed by atoms with Crippen molar-refractivity contribution in [2.24, 2.45) is 24.8 Å². The minimum atomic E-state index is -0.704. The number of carboxylic acid groups (broad SMARTS) is 1. The minimum absolute atomic E-state index is 0.155. The normalized spacial score (nSPS) is 23.8. The highest BCUT2D eigenvalue weighted by Crippen LogP contribution is 2.44.